The van der Waals surface area contributed by atoms with E-state index in [0.29, 0.717) is 13.0 Å². The third-order valence-corrected chi connectivity index (χ3v) is 3.58. The second-order valence-electron chi connectivity index (χ2n) is 5.96. The lowest BCUT2D eigenvalue weighted by Gasteiger charge is -2.37. The molecule has 114 valence electrons. The van der Waals surface area contributed by atoms with Crippen LogP contribution in [0.1, 0.15) is 41.0 Å². The molecule has 0 heterocycles. The molecule has 0 fully saturated rings. The lowest BCUT2D eigenvalue weighted by molar-refractivity contribution is -0.145. The Hall–Kier alpha value is -0.650. The van der Waals surface area contributed by atoms with Gasteiger partial charge in [-0.05, 0) is 48.1 Å². The maximum absolute atomic E-state index is 11.5. The topological polar surface area (TPSA) is 61.8 Å². The summed E-state index contributed by atoms with van der Waals surface area (Å²) < 4.78 is 5.14. The number of nitrogens with one attached hydrogen (secondary N) is 1. The minimum atomic E-state index is -0.908. The maximum atomic E-state index is 11.5. The Bertz CT molecular complexity index is 284. The van der Waals surface area contributed by atoms with Gasteiger partial charge in [0.1, 0.15) is 5.54 Å². The molecule has 0 radical (unpaired) electrons. The number of carbonyl (C=O) groups is 1. The van der Waals surface area contributed by atoms with Crippen LogP contribution in [0.15, 0.2) is 0 Å². The highest BCUT2D eigenvalue weighted by molar-refractivity contribution is 5.78. The Morgan fingerprint density at radius 3 is 2.21 bits per heavy atom. The van der Waals surface area contributed by atoms with Crippen LogP contribution in [0, 0.1) is 0 Å². The first kappa shape index (κ1) is 18.4. The van der Waals surface area contributed by atoms with E-state index in [1.165, 1.54) is 0 Å². The second-order valence-corrected chi connectivity index (χ2v) is 5.96. The maximum Gasteiger partial charge on any atom is 0.323 e. The zero-order chi connectivity index (χ0) is 15.2. The lowest BCUT2D eigenvalue weighted by atomic mass is 9.91. The predicted octanol–water partition coefficient (Wildman–Crippen LogP) is 1.57. The van der Waals surface area contributed by atoms with E-state index in [1.54, 1.807) is 14.0 Å². The van der Waals surface area contributed by atoms with Gasteiger partial charge in [-0.15, -0.1) is 0 Å². The molecular formula is C14H30N2O3. The summed E-state index contributed by atoms with van der Waals surface area (Å²) in [5.41, 5.74) is -0.908. The van der Waals surface area contributed by atoms with Crippen molar-refractivity contribution >= 4 is 5.97 Å². The van der Waals surface area contributed by atoms with E-state index in [2.05, 4.69) is 24.1 Å². The molecule has 0 aliphatic heterocycles. The monoisotopic (exact) mass is 274 g/mol. The summed E-state index contributed by atoms with van der Waals surface area (Å²) in [4.78, 5) is 13.7. The molecule has 0 bridgehead atoms. The molecule has 0 spiro atoms. The Kier molecular flexibility index (Phi) is 7.55. The Labute approximate surface area is 117 Å². The van der Waals surface area contributed by atoms with Crippen LogP contribution in [0.25, 0.3) is 0 Å². The highest BCUT2D eigenvalue weighted by atomic mass is 16.5. The van der Waals surface area contributed by atoms with Crippen LogP contribution in [-0.4, -0.2) is 60.4 Å². The van der Waals surface area contributed by atoms with Crippen LogP contribution in [-0.2, 0) is 9.53 Å². The zero-order valence-corrected chi connectivity index (χ0v) is 13.4. The van der Waals surface area contributed by atoms with Crippen molar-refractivity contribution in [2.24, 2.45) is 0 Å². The molecule has 0 rings (SSSR count). The van der Waals surface area contributed by atoms with E-state index in [9.17, 15) is 9.90 Å². The first-order chi connectivity index (χ1) is 8.64. The van der Waals surface area contributed by atoms with Crippen LogP contribution in [0.2, 0.25) is 0 Å². The van der Waals surface area contributed by atoms with Crippen molar-refractivity contribution in [3.05, 3.63) is 0 Å². The summed E-state index contributed by atoms with van der Waals surface area (Å²) in [5, 5.41) is 12.6. The molecule has 5 heteroatoms. The second kappa shape index (κ2) is 7.82. The number of likely N-dealkylation sites (N-methyl/N-ethyl adjacent to an activating group) is 1. The largest absolute Gasteiger partial charge is 0.480 e. The fraction of sp³-hybridized carbons (Fsp3) is 0.929. The number of hydrogen-bond acceptors (Lipinski definition) is 4. The average molecular weight is 274 g/mol. The van der Waals surface area contributed by atoms with Crippen molar-refractivity contribution in [1.29, 1.82) is 0 Å². The van der Waals surface area contributed by atoms with E-state index in [-0.39, 0.29) is 18.1 Å². The van der Waals surface area contributed by atoms with Crippen molar-refractivity contribution in [3.8, 4) is 0 Å². The van der Waals surface area contributed by atoms with E-state index >= 15 is 0 Å². The fourth-order valence-corrected chi connectivity index (χ4v) is 2.37. The summed E-state index contributed by atoms with van der Waals surface area (Å²) >= 11 is 0. The quantitative estimate of drug-likeness (QED) is 0.668. The number of carboxylic acids is 1. The van der Waals surface area contributed by atoms with Gasteiger partial charge in [-0.3, -0.25) is 15.0 Å². The van der Waals surface area contributed by atoms with Crippen molar-refractivity contribution in [3.63, 3.8) is 0 Å². The van der Waals surface area contributed by atoms with Crippen molar-refractivity contribution in [2.75, 3.05) is 20.8 Å². The molecule has 0 aliphatic carbocycles. The van der Waals surface area contributed by atoms with Gasteiger partial charge < -0.3 is 9.84 Å². The number of hydrogen-bond donors (Lipinski definition) is 2. The number of methoxy groups -OCH3 is 1. The molecule has 0 aliphatic rings. The van der Waals surface area contributed by atoms with Crippen LogP contribution in [0.4, 0.5) is 0 Å². The highest BCUT2D eigenvalue weighted by Crippen LogP contribution is 2.18. The number of aliphatic carboxylic acids is 1. The summed E-state index contributed by atoms with van der Waals surface area (Å²) in [6.07, 6.45) is 0.547. The summed E-state index contributed by atoms with van der Waals surface area (Å²) in [5.74, 6) is -0.805. The number of ether oxygens (including phenoxy) is 1. The summed E-state index contributed by atoms with van der Waals surface area (Å²) in [7, 11) is 3.68. The van der Waals surface area contributed by atoms with Crippen molar-refractivity contribution in [2.45, 2.75) is 64.7 Å². The van der Waals surface area contributed by atoms with Gasteiger partial charge in [0.2, 0.25) is 0 Å². The molecule has 0 amide bonds. The minimum Gasteiger partial charge on any atom is -0.480 e. The standard InChI is InChI=1S/C14H30N2O3/c1-10(2)15-14(5,13(17)18)8-11(3)16(6)12(4)9-19-7/h10-12,15H,8-9H2,1-7H3,(H,17,18). The molecule has 5 nitrogen and oxygen atoms in total. The molecule has 2 N–H and O–H groups in total. The van der Waals surface area contributed by atoms with Crippen LogP contribution < -0.4 is 5.32 Å². The van der Waals surface area contributed by atoms with E-state index in [1.807, 2.05) is 20.9 Å². The van der Waals surface area contributed by atoms with Gasteiger partial charge in [-0.2, -0.15) is 0 Å². The van der Waals surface area contributed by atoms with Gasteiger partial charge in [-0.1, -0.05) is 0 Å². The van der Waals surface area contributed by atoms with Gasteiger partial charge in [-0.25, -0.2) is 0 Å². The van der Waals surface area contributed by atoms with E-state index in [0.717, 1.165) is 0 Å². The highest BCUT2D eigenvalue weighted by Gasteiger charge is 2.36. The average Bonchev–Trinajstić information content (AvgIpc) is 2.26. The van der Waals surface area contributed by atoms with E-state index < -0.39 is 11.5 Å². The zero-order valence-electron chi connectivity index (χ0n) is 13.4. The normalized spacial score (nSPS) is 18.4. The van der Waals surface area contributed by atoms with Gasteiger partial charge in [0.25, 0.3) is 0 Å². The first-order valence-electron chi connectivity index (χ1n) is 6.86. The Balaban J connectivity index is 4.71. The SMILES string of the molecule is COCC(C)N(C)C(C)CC(C)(NC(C)C)C(=O)O. The smallest absolute Gasteiger partial charge is 0.323 e. The van der Waals surface area contributed by atoms with Gasteiger partial charge in [0, 0.05) is 25.2 Å². The van der Waals surface area contributed by atoms with Gasteiger partial charge >= 0.3 is 5.97 Å². The molecule has 0 saturated heterocycles. The fourth-order valence-electron chi connectivity index (χ4n) is 2.37. The van der Waals surface area contributed by atoms with Crippen LogP contribution in [0.3, 0.4) is 0 Å². The summed E-state index contributed by atoms with van der Waals surface area (Å²) in [6.45, 7) is 10.4. The molecule has 0 aromatic carbocycles. The first-order valence-corrected chi connectivity index (χ1v) is 6.86. The predicted molar refractivity (Wildman–Crippen MR) is 77.5 cm³/mol. The molecule has 0 saturated carbocycles. The minimum absolute atomic E-state index is 0.134. The Morgan fingerprint density at radius 2 is 1.84 bits per heavy atom. The lowest BCUT2D eigenvalue weighted by Crippen LogP contribution is -2.56. The number of nitrogens with zero attached hydrogens (tertiary/aromatic N) is 1. The van der Waals surface area contributed by atoms with Gasteiger partial charge in [0.05, 0.1) is 6.61 Å². The number of carboxylic acid groups (broad SMARTS) is 1. The molecular weight excluding hydrogens is 244 g/mol. The number of rotatable bonds is 9. The van der Waals surface area contributed by atoms with Crippen molar-refractivity contribution < 1.29 is 14.6 Å². The van der Waals surface area contributed by atoms with E-state index in [4.69, 9.17) is 4.74 Å². The third kappa shape index (κ3) is 5.89. The van der Waals surface area contributed by atoms with Gasteiger partial charge in [0.15, 0.2) is 0 Å². The molecule has 19 heavy (non-hydrogen) atoms. The molecule has 3 atom stereocenters. The van der Waals surface area contributed by atoms with Crippen molar-refractivity contribution in [1.82, 2.24) is 10.2 Å². The Morgan fingerprint density at radius 1 is 1.32 bits per heavy atom. The van der Waals surface area contributed by atoms with Crippen LogP contribution >= 0.6 is 0 Å². The molecule has 0 aromatic rings. The van der Waals surface area contributed by atoms with Crippen LogP contribution in [0.5, 0.6) is 0 Å². The molecule has 0 aromatic heterocycles. The summed E-state index contributed by atoms with van der Waals surface area (Å²) in [6, 6.07) is 0.546. The molecule has 3 unspecified atom stereocenters. The third-order valence-electron chi connectivity index (χ3n) is 3.58.